The molecule has 16 heavy (non-hydrogen) atoms. The van der Waals surface area contributed by atoms with Crippen LogP contribution in [0.5, 0.6) is 0 Å². The van der Waals surface area contributed by atoms with Crippen molar-refractivity contribution in [3.63, 3.8) is 0 Å². The number of benzene rings is 1. The number of ketones is 1. The standard InChI is InChI=1S/C10H8Cl3NO2/c1-5(15)8(13)10(16)14-9-6(11)3-2-4-7(9)12/h2-4,8H,1H3,(H,14,16). The molecular weight excluding hydrogens is 272 g/mol. The Labute approximate surface area is 108 Å². The Morgan fingerprint density at radius 3 is 2.19 bits per heavy atom. The normalized spacial score (nSPS) is 12.0. The zero-order chi connectivity index (χ0) is 12.3. The first-order chi connectivity index (χ1) is 7.43. The van der Waals surface area contributed by atoms with Gasteiger partial charge >= 0.3 is 0 Å². The maximum atomic E-state index is 11.5. The van der Waals surface area contributed by atoms with Crippen LogP contribution in [0.1, 0.15) is 6.92 Å². The van der Waals surface area contributed by atoms with Crippen LogP contribution in [0.4, 0.5) is 5.69 Å². The van der Waals surface area contributed by atoms with E-state index in [1.807, 2.05) is 0 Å². The summed E-state index contributed by atoms with van der Waals surface area (Å²) in [6.45, 7) is 1.23. The van der Waals surface area contributed by atoms with Crippen LogP contribution < -0.4 is 5.32 Å². The summed E-state index contributed by atoms with van der Waals surface area (Å²) in [5.74, 6) is -1.09. The van der Waals surface area contributed by atoms with Gasteiger partial charge in [-0.1, -0.05) is 29.3 Å². The molecule has 3 nitrogen and oxygen atoms in total. The van der Waals surface area contributed by atoms with E-state index in [4.69, 9.17) is 34.8 Å². The number of anilines is 1. The number of amides is 1. The molecule has 0 aromatic heterocycles. The highest BCUT2D eigenvalue weighted by Gasteiger charge is 2.21. The molecule has 1 rings (SSSR count). The van der Waals surface area contributed by atoms with E-state index < -0.39 is 17.1 Å². The van der Waals surface area contributed by atoms with Crippen LogP contribution in [-0.2, 0) is 9.59 Å². The highest BCUT2D eigenvalue weighted by Crippen LogP contribution is 2.30. The summed E-state index contributed by atoms with van der Waals surface area (Å²) in [5, 5.41) is 1.73. The quantitative estimate of drug-likeness (QED) is 0.683. The molecule has 0 spiro atoms. The number of carbonyl (C=O) groups excluding carboxylic acids is 2. The van der Waals surface area contributed by atoms with Crippen molar-refractivity contribution in [2.45, 2.75) is 12.3 Å². The second kappa shape index (κ2) is 5.53. The molecule has 1 aromatic rings. The molecule has 1 amide bonds. The number of rotatable bonds is 3. The van der Waals surface area contributed by atoms with E-state index in [1.165, 1.54) is 6.92 Å². The summed E-state index contributed by atoms with van der Waals surface area (Å²) in [6.07, 6.45) is 0. The molecule has 0 aliphatic carbocycles. The number of carbonyl (C=O) groups is 2. The molecule has 86 valence electrons. The predicted octanol–water partition coefficient (Wildman–Crippen LogP) is 3.13. The molecule has 0 bridgehead atoms. The van der Waals surface area contributed by atoms with Crippen LogP contribution in [0.25, 0.3) is 0 Å². The fourth-order valence-corrected chi connectivity index (χ4v) is 1.53. The number of para-hydroxylation sites is 1. The van der Waals surface area contributed by atoms with E-state index >= 15 is 0 Å². The van der Waals surface area contributed by atoms with Gasteiger partial charge < -0.3 is 5.32 Å². The molecule has 1 N–H and O–H groups in total. The van der Waals surface area contributed by atoms with Gasteiger partial charge in [-0.15, -0.1) is 11.6 Å². The van der Waals surface area contributed by atoms with Gasteiger partial charge in [0.15, 0.2) is 11.2 Å². The number of Topliss-reactive ketones (excluding diaryl/α,β-unsaturated/α-hetero) is 1. The van der Waals surface area contributed by atoms with E-state index in [2.05, 4.69) is 5.32 Å². The fourth-order valence-electron chi connectivity index (χ4n) is 0.988. The van der Waals surface area contributed by atoms with Crippen LogP contribution >= 0.6 is 34.8 Å². The lowest BCUT2D eigenvalue weighted by molar-refractivity contribution is -0.123. The summed E-state index contributed by atoms with van der Waals surface area (Å²) >= 11 is 17.2. The Morgan fingerprint density at radius 1 is 1.25 bits per heavy atom. The molecule has 0 heterocycles. The predicted molar refractivity (Wildman–Crippen MR) is 65.4 cm³/mol. The monoisotopic (exact) mass is 279 g/mol. The molecule has 0 aliphatic heterocycles. The highest BCUT2D eigenvalue weighted by atomic mass is 35.5. The molecule has 1 atom stereocenters. The third-order valence-corrected chi connectivity index (χ3v) is 2.93. The molecule has 0 radical (unpaired) electrons. The van der Waals surface area contributed by atoms with E-state index in [0.29, 0.717) is 0 Å². The number of halogens is 3. The summed E-state index contributed by atoms with van der Waals surface area (Å²) in [7, 11) is 0. The minimum Gasteiger partial charge on any atom is -0.322 e. The average Bonchev–Trinajstić information content (AvgIpc) is 2.22. The minimum absolute atomic E-state index is 0.253. The molecular formula is C10H8Cl3NO2. The lowest BCUT2D eigenvalue weighted by Gasteiger charge is -2.10. The second-order valence-corrected chi connectivity index (χ2v) is 4.31. The molecule has 1 aromatic carbocycles. The van der Waals surface area contributed by atoms with Gasteiger partial charge in [0.25, 0.3) is 0 Å². The van der Waals surface area contributed by atoms with Crippen molar-refractivity contribution in [3.8, 4) is 0 Å². The van der Waals surface area contributed by atoms with E-state index in [0.717, 1.165) is 0 Å². The fraction of sp³-hybridized carbons (Fsp3) is 0.200. The molecule has 0 saturated carbocycles. The van der Waals surface area contributed by atoms with Crippen molar-refractivity contribution >= 4 is 52.2 Å². The first-order valence-electron chi connectivity index (χ1n) is 4.33. The number of alkyl halides is 1. The Kier molecular flexibility index (Phi) is 4.59. The largest absolute Gasteiger partial charge is 0.322 e. The lowest BCUT2D eigenvalue weighted by atomic mass is 10.2. The zero-order valence-electron chi connectivity index (χ0n) is 8.26. The van der Waals surface area contributed by atoms with Gasteiger partial charge in [0, 0.05) is 0 Å². The van der Waals surface area contributed by atoms with Gasteiger partial charge in [-0.25, -0.2) is 0 Å². The first-order valence-corrected chi connectivity index (χ1v) is 5.52. The maximum Gasteiger partial charge on any atom is 0.250 e. The van der Waals surface area contributed by atoms with Crippen molar-refractivity contribution in [1.29, 1.82) is 0 Å². The van der Waals surface area contributed by atoms with Gasteiger partial charge in [-0.2, -0.15) is 0 Å². The molecule has 1 unspecified atom stereocenters. The summed E-state index contributed by atoms with van der Waals surface area (Å²) in [4.78, 5) is 22.4. The van der Waals surface area contributed by atoms with Crippen LogP contribution in [0, 0.1) is 0 Å². The van der Waals surface area contributed by atoms with Gasteiger partial charge in [-0.3, -0.25) is 9.59 Å². The lowest BCUT2D eigenvalue weighted by Crippen LogP contribution is -2.29. The first kappa shape index (κ1) is 13.3. The topological polar surface area (TPSA) is 46.2 Å². The van der Waals surface area contributed by atoms with E-state index in [9.17, 15) is 9.59 Å². The summed E-state index contributed by atoms with van der Waals surface area (Å²) in [5.41, 5.74) is 0.253. The maximum absolute atomic E-state index is 11.5. The third-order valence-electron chi connectivity index (χ3n) is 1.80. The van der Waals surface area contributed by atoms with Crippen molar-refractivity contribution in [2.24, 2.45) is 0 Å². The average molecular weight is 281 g/mol. The van der Waals surface area contributed by atoms with Gasteiger partial charge in [-0.05, 0) is 19.1 Å². The number of hydrogen-bond acceptors (Lipinski definition) is 2. The van der Waals surface area contributed by atoms with E-state index in [-0.39, 0.29) is 15.7 Å². The van der Waals surface area contributed by atoms with Crippen molar-refractivity contribution in [3.05, 3.63) is 28.2 Å². The molecule has 0 fully saturated rings. The van der Waals surface area contributed by atoms with Gasteiger partial charge in [0.05, 0.1) is 15.7 Å². The smallest absolute Gasteiger partial charge is 0.250 e. The third kappa shape index (κ3) is 3.11. The van der Waals surface area contributed by atoms with Crippen molar-refractivity contribution < 1.29 is 9.59 Å². The number of hydrogen-bond donors (Lipinski definition) is 1. The van der Waals surface area contributed by atoms with Crippen molar-refractivity contribution in [1.82, 2.24) is 0 Å². The van der Waals surface area contributed by atoms with Crippen LogP contribution in [0.15, 0.2) is 18.2 Å². The Balaban J connectivity index is 2.89. The second-order valence-electron chi connectivity index (χ2n) is 3.06. The summed E-state index contributed by atoms with van der Waals surface area (Å²) < 4.78 is 0. The zero-order valence-corrected chi connectivity index (χ0v) is 10.5. The molecule has 6 heteroatoms. The number of nitrogens with one attached hydrogen (secondary N) is 1. The van der Waals surface area contributed by atoms with Crippen molar-refractivity contribution in [2.75, 3.05) is 5.32 Å². The Morgan fingerprint density at radius 2 is 1.75 bits per heavy atom. The molecule has 0 aliphatic rings. The Hall–Kier alpha value is -0.770. The van der Waals surface area contributed by atoms with Crippen LogP contribution in [0.2, 0.25) is 10.0 Å². The minimum atomic E-state index is -1.24. The van der Waals surface area contributed by atoms with Crippen LogP contribution in [0.3, 0.4) is 0 Å². The SMILES string of the molecule is CC(=O)C(Cl)C(=O)Nc1c(Cl)cccc1Cl. The van der Waals surface area contributed by atoms with Crippen LogP contribution in [-0.4, -0.2) is 17.1 Å². The summed E-state index contributed by atoms with van der Waals surface area (Å²) in [6, 6.07) is 4.78. The molecule has 0 saturated heterocycles. The van der Waals surface area contributed by atoms with Gasteiger partial charge in [0.1, 0.15) is 0 Å². The highest BCUT2D eigenvalue weighted by molar-refractivity contribution is 6.44. The van der Waals surface area contributed by atoms with Gasteiger partial charge in [0.2, 0.25) is 5.91 Å². The Bertz CT molecular complexity index is 414. The van der Waals surface area contributed by atoms with E-state index in [1.54, 1.807) is 18.2 Å².